The second kappa shape index (κ2) is 4.13. The molecule has 1 aromatic heterocycles. The van der Waals surface area contributed by atoms with E-state index in [1.165, 1.54) is 0 Å². The van der Waals surface area contributed by atoms with Gasteiger partial charge < -0.3 is 0 Å². The van der Waals surface area contributed by atoms with Crippen LogP contribution in [0.15, 0.2) is 30.6 Å². The van der Waals surface area contributed by atoms with Gasteiger partial charge in [0, 0.05) is 16.2 Å². The lowest BCUT2D eigenvalue weighted by Crippen LogP contribution is -1.66. The van der Waals surface area contributed by atoms with E-state index in [0.29, 0.717) is 0 Å². The summed E-state index contributed by atoms with van der Waals surface area (Å²) in [6.07, 6.45) is 9.53. The van der Waals surface area contributed by atoms with Crippen LogP contribution in [-0.4, -0.2) is 10.2 Å². The van der Waals surface area contributed by atoms with E-state index in [1.54, 1.807) is 6.20 Å². The van der Waals surface area contributed by atoms with E-state index in [0.717, 1.165) is 10.0 Å². The molecule has 0 fully saturated rings. The van der Waals surface area contributed by atoms with Crippen LogP contribution >= 0.6 is 15.9 Å². The van der Waals surface area contributed by atoms with Gasteiger partial charge in [0.25, 0.3) is 0 Å². The average molecular weight is 213 g/mol. The van der Waals surface area contributed by atoms with Crippen molar-refractivity contribution in [2.45, 2.75) is 6.92 Å². The summed E-state index contributed by atoms with van der Waals surface area (Å²) >= 11 is 3.42. The minimum Gasteiger partial charge on any atom is -0.285 e. The van der Waals surface area contributed by atoms with Crippen LogP contribution in [0.25, 0.3) is 4.48 Å². The standard InChI is InChI=1S/C8H9BrN2/c1-2-3-4-8(9)7-5-10-11-6-7/h2-6H,1H3,(H,10,11)/b3-2-,8-4+. The first-order valence-electron chi connectivity index (χ1n) is 3.32. The molecule has 11 heavy (non-hydrogen) atoms. The predicted molar refractivity (Wildman–Crippen MR) is 50.3 cm³/mol. The van der Waals surface area contributed by atoms with Crippen LogP contribution in [0.4, 0.5) is 0 Å². The number of allylic oxidation sites excluding steroid dienone is 3. The van der Waals surface area contributed by atoms with Crippen molar-refractivity contribution in [3.63, 3.8) is 0 Å². The van der Waals surface area contributed by atoms with Gasteiger partial charge >= 0.3 is 0 Å². The van der Waals surface area contributed by atoms with E-state index in [4.69, 9.17) is 0 Å². The molecular formula is C8H9BrN2. The zero-order valence-electron chi connectivity index (χ0n) is 6.21. The number of hydrogen-bond acceptors (Lipinski definition) is 1. The molecule has 0 atom stereocenters. The van der Waals surface area contributed by atoms with Gasteiger partial charge in [0.1, 0.15) is 0 Å². The maximum Gasteiger partial charge on any atom is 0.0571 e. The molecule has 0 aliphatic carbocycles. The molecule has 0 saturated heterocycles. The molecule has 2 nitrogen and oxygen atoms in total. The van der Waals surface area contributed by atoms with E-state index in [-0.39, 0.29) is 0 Å². The molecule has 1 aromatic rings. The van der Waals surface area contributed by atoms with Crippen LogP contribution < -0.4 is 0 Å². The molecule has 0 aromatic carbocycles. The molecular weight excluding hydrogens is 204 g/mol. The summed E-state index contributed by atoms with van der Waals surface area (Å²) in [6, 6.07) is 0. The first-order chi connectivity index (χ1) is 5.34. The zero-order chi connectivity index (χ0) is 8.10. The number of aromatic nitrogens is 2. The minimum absolute atomic E-state index is 1.03. The van der Waals surface area contributed by atoms with Crippen molar-refractivity contribution < 1.29 is 0 Å². The van der Waals surface area contributed by atoms with Gasteiger partial charge in [0.2, 0.25) is 0 Å². The Morgan fingerprint density at radius 2 is 2.55 bits per heavy atom. The topological polar surface area (TPSA) is 28.7 Å². The summed E-state index contributed by atoms with van der Waals surface area (Å²) in [5, 5.41) is 6.57. The number of nitrogens with zero attached hydrogens (tertiary/aromatic N) is 1. The lowest BCUT2D eigenvalue weighted by molar-refractivity contribution is 1.09. The van der Waals surface area contributed by atoms with Crippen molar-refractivity contribution in [1.82, 2.24) is 10.2 Å². The highest BCUT2D eigenvalue weighted by Crippen LogP contribution is 2.18. The molecule has 0 bridgehead atoms. The Kier molecular flexibility index (Phi) is 3.11. The number of rotatable bonds is 2. The van der Waals surface area contributed by atoms with Crippen LogP contribution in [0.5, 0.6) is 0 Å². The molecule has 3 heteroatoms. The van der Waals surface area contributed by atoms with Crippen LogP contribution in [0.1, 0.15) is 12.5 Å². The van der Waals surface area contributed by atoms with Crippen molar-refractivity contribution in [2.24, 2.45) is 0 Å². The molecule has 1 heterocycles. The van der Waals surface area contributed by atoms with Gasteiger partial charge in [-0.2, -0.15) is 5.10 Å². The largest absolute Gasteiger partial charge is 0.285 e. The van der Waals surface area contributed by atoms with Crippen molar-refractivity contribution in [3.05, 3.63) is 36.2 Å². The Morgan fingerprint density at radius 1 is 1.73 bits per heavy atom. The molecule has 58 valence electrons. The smallest absolute Gasteiger partial charge is 0.0571 e. The van der Waals surface area contributed by atoms with Crippen LogP contribution in [0.2, 0.25) is 0 Å². The SMILES string of the molecule is C/C=C\C=C(\Br)c1cn[nH]c1. The fourth-order valence-electron chi connectivity index (χ4n) is 0.658. The average Bonchev–Trinajstić information content (AvgIpc) is 2.52. The van der Waals surface area contributed by atoms with Crippen LogP contribution in [-0.2, 0) is 0 Å². The highest BCUT2D eigenvalue weighted by atomic mass is 79.9. The van der Waals surface area contributed by atoms with Gasteiger partial charge in [0.05, 0.1) is 6.20 Å². The normalized spacial score (nSPS) is 12.7. The van der Waals surface area contributed by atoms with Gasteiger partial charge in [-0.05, 0) is 13.0 Å². The van der Waals surface area contributed by atoms with Crippen LogP contribution in [0.3, 0.4) is 0 Å². The summed E-state index contributed by atoms with van der Waals surface area (Å²) in [5.74, 6) is 0. The maximum atomic E-state index is 3.83. The first-order valence-corrected chi connectivity index (χ1v) is 4.11. The van der Waals surface area contributed by atoms with Gasteiger partial charge in [0.15, 0.2) is 0 Å². The number of aromatic amines is 1. The van der Waals surface area contributed by atoms with Gasteiger partial charge in [-0.15, -0.1) is 0 Å². The minimum atomic E-state index is 1.03. The van der Waals surface area contributed by atoms with Crippen molar-refractivity contribution >= 4 is 20.4 Å². The van der Waals surface area contributed by atoms with E-state index in [2.05, 4.69) is 26.1 Å². The molecule has 0 amide bonds. The Bertz CT molecular complexity index is 260. The summed E-state index contributed by atoms with van der Waals surface area (Å²) in [6.45, 7) is 1.98. The number of H-pyrrole nitrogens is 1. The second-order valence-electron chi connectivity index (χ2n) is 2.03. The molecule has 0 spiro atoms. The van der Waals surface area contributed by atoms with Gasteiger partial charge in [-0.3, -0.25) is 5.10 Å². The summed E-state index contributed by atoms with van der Waals surface area (Å²) < 4.78 is 1.03. The summed E-state index contributed by atoms with van der Waals surface area (Å²) in [5.41, 5.74) is 1.06. The van der Waals surface area contributed by atoms with Crippen molar-refractivity contribution in [2.75, 3.05) is 0 Å². The molecule has 1 N–H and O–H groups in total. The number of halogens is 1. The van der Waals surface area contributed by atoms with Crippen LogP contribution in [0, 0.1) is 0 Å². The molecule has 0 radical (unpaired) electrons. The van der Waals surface area contributed by atoms with E-state index < -0.39 is 0 Å². The van der Waals surface area contributed by atoms with E-state index >= 15 is 0 Å². The Morgan fingerprint density at radius 3 is 3.09 bits per heavy atom. The fourth-order valence-corrected chi connectivity index (χ4v) is 1.03. The van der Waals surface area contributed by atoms with Crippen molar-refractivity contribution in [1.29, 1.82) is 0 Å². The fraction of sp³-hybridized carbons (Fsp3) is 0.125. The summed E-state index contributed by atoms with van der Waals surface area (Å²) in [4.78, 5) is 0. The number of nitrogens with one attached hydrogen (secondary N) is 1. The highest BCUT2D eigenvalue weighted by molar-refractivity contribution is 9.15. The monoisotopic (exact) mass is 212 g/mol. The van der Waals surface area contributed by atoms with Gasteiger partial charge in [-0.1, -0.05) is 28.1 Å². The lowest BCUT2D eigenvalue weighted by Gasteiger charge is -1.88. The molecule has 0 aliphatic rings. The molecule has 0 saturated carbocycles. The predicted octanol–water partition coefficient (Wildman–Crippen LogP) is 2.72. The lowest BCUT2D eigenvalue weighted by atomic mass is 10.3. The molecule has 0 aliphatic heterocycles. The number of hydrogen-bond donors (Lipinski definition) is 1. The molecule has 0 unspecified atom stereocenters. The van der Waals surface area contributed by atoms with Gasteiger partial charge in [-0.25, -0.2) is 0 Å². The Balaban J connectivity index is 2.77. The molecule has 1 rings (SSSR count). The Labute approximate surface area is 74.1 Å². The first kappa shape index (κ1) is 8.27. The second-order valence-corrected chi connectivity index (χ2v) is 2.88. The highest BCUT2D eigenvalue weighted by Gasteiger charge is 1.94. The maximum absolute atomic E-state index is 3.83. The van der Waals surface area contributed by atoms with E-state index in [1.807, 2.05) is 31.3 Å². The third kappa shape index (κ3) is 2.35. The zero-order valence-corrected chi connectivity index (χ0v) is 7.80. The Hall–Kier alpha value is -0.830. The van der Waals surface area contributed by atoms with Crippen molar-refractivity contribution in [3.8, 4) is 0 Å². The quantitative estimate of drug-likeness (QED) is 0.751. The van der Waals surface area contributed by atoms with E-state index in [9.17, 15) is 0 Å². The third-order valence-corrected chi connectivity index (χ3v) is 1.93. The summed E-state index contributed by atoms with van der Waals surface area (Å²) in [7, 11) is 0. The third-order valence-electron chi connectivity index (χ3n) is 1.21.